The Bertz CT molecular complexity index is 985. The Labute approximate surface area is 146 Å². The van der Waals surface area contributed by atoms with Crippen molar-refractivity contribution in [2.45, 2.75) is 33.6 Å². The van der Waals surface area contributed by atoms with E-state index in [0.29, 0.717) is 12.0 Å². The van der Waals surface area contributed by atoms with Crippen molar-refractivity contribution in [3.63, 3.8) is 0 Å². The van der Waals surface area contributed by atoms with Gasteiger partial charge in [-0.15, -0.1) is 0 Å². The second-order valence-electron chi connectivity index (χ2n) is 6.56. The number of aromatic amines is 1. The molecule has 0 aliphatic carbocycles. The van der Waals surface area contributed by atoms with Gasteiger partial charge in [0.05, 0.1) is 0 Å². The topological polar surface area (TPSA) is 62.0 Å². The van der Waals surface area contributed by atoms with E-state index >= 15 is 0 Å². The van der Waals surface area contributed by atoms with E-state index in [1.165, 1.54) is 5.56 Å². The minimum Gasteiger partial charge on any atom is -0.326 e. The van der Waals surface area contributed by atoms with E-state index < -0.39 is 0 Å². The largest absolute Gasteiger partial charge is 0.326 e. The summed E-state index contributed by atoms with van der Waals surface area (Å²) in [4.78, 5) is 27.3. The van der Waals surface area contributed by atoms with Crippen LogP contribution in [0.4, 0.5) is 5.69 Å². The highest BCUT2D eigenvalue weighted by Crippen LogP contribution is 2.18. The van der Waals surface area contributed by atoms with Gasteiger partial charge >= 0.3 is 0 Å². The molecule has 0 bridgehead atoms. The Kier molecular flexibility index (Phi) is 4.70. The first-order valence-electron chi connectivity index (χ1n) is 8.42. The molecule has 0 unspecified atom stereocenters. The van der Waals surface area contributed by atoms with Gasteiger partial charge in [-0.05, 0) is 74.0 Å². The maximum atomic E-state index is 12.3. The predicted octanol–water partition coefficient (Wildman–Crippen LogP) is 4.02. The molecule has 0 atom stereocenters. The maximum Gasteiger partial charge on any atom is 0.251 e. The monoisotopic (exact) mass is 334 g/mol. The molecule has 1 heterocycles. The molecular weight excluding hydrogens is 312 g/mol. The van der Waals surface area contributed by atoms with Crippen molar-refractivity contribution in [3.8, 4) is 0 Å². The van der Waals surface area contributed by atoms with Crippen LogP contribution in [-0.4, -0.2) is 10.9 Å². The normalized spacial score (nSPS) is 10.8. The van der Waals surface area contributed by atoms with Crippen LogP contribution in [0.25, 0.3) is 10.9 Å². The molecule has 128 valence electrons. The SMILES string of the molecule is Cc1ccc(NC(=O)CCc2cc3cc(C)c(C)cc3[nH]c2=O)cc1. The van der Waals surface area contributed by atoms with Gasteiger partial charge in [-0.2, -0.15) is 0 Å². The third-order valence-corrected chi connectivity index (χ3v) is 4.49. The van der Waals surface area contributed by atoms with Crippen LogP contribution >= 0.6 is 0 Å². The van der Waals surface area contributed by atoms with Crippen molar-refractivity contribution in [1.82, 2.24) is 4.98 Å². The van der Waals surface area contributed by atoms with E-state index in [1.807, 2.05) is 50.2 Å². The summed E-state index contributed by atoms with van der Waals surface area (Å²) in [5.41, 5.74) is 5.59. The fourth-order valence-electron chi connectivity index (χ4n) is 2.82. The number of nitrogens with one attached hydrogen (secondary N) is 2. The fraction of sp³-hybridized carbons (Fsp3) is 0.238. The van der Waals surface area contributed by atoms with Crippen LogP contribution in [0.15, 0.2) is 47.3 Å². The van der Waals surface area contributed by atoms with Gasteiger partial charge in [0.15, 0.2) is 0 Å². The lowest BCUT2D eigenvalue weighted by atomic mass is 10.0. The van der Waals surface area contributed by atoms with Crippen molar-refractivity contribution in [2.75, 3.05) is 5.32 Å². The van der Waals surface area contributed by atoms with Gasteiger partial charge < -0.3 is 10.3 Å². The van der Waals surface area contributed by atoms with Gasteiger partial charge in [-0.25, -0.2) is 0 Å². The first-order chi connectivity index (χ1) is 11.9. The molecule has 1 amide bonds. The minimum absolute atomic E-state index is 0.0940. The number of hydrogen-bond acceptors (Lipinski definition) is 2. The molecule has 0 spiro atoms. The van der Waals surface area contributed by atoms with Gasteiger partial charge in [-0.3, -0.25) is 9.59 Å². The number of carbonyl (C=O) groups excluding carboxylic acids is 1. The molecule has 1 aromatic heterocycles. The van der Waals surface area contributed by atoms with Crippen LogP contribution in [0.3, 0.4) is 0 Å². The highest BCUT2D eigenvalue weighted by Gasteiger charge is 2.08. The van der Waals surface area contributed by atoms with Crippen molar-refractivity contribution >= 4 is 22.5 Å². The number of aryl methyl sites for hydroxylation is 4. The van der Waals surface area contributed by atoms with Crippen LogP contribution < -0.4 is 10.9 Å². The zero-order valence-corrected chi connectivity index (χ0v) is 14.8. The third-order valence-electron chi connectivity index (χ3n) is 4.49. The van der Waals surface area contributed by atoms with E-state index in [2.05, 4.69) is 23.3 Å². The number of pyridine rings is 1. The number of H-pyrrole nitrogens is 1. The molecule has 0 fully saturated rings. The second-order valence-corrected chi connectivity index (χ2v) is 6.56. The van der Waals surface area contributed by atoms with E-state index in [-0.39, 0.29) is 17.9 Å². The molecule has 0 aliphatic heterocycles. The van der Waals surface area contributed by atoms with Gasteiger partial charge in [0.1, 0.15) is 0 Å². The maximum absolute atomic E-state index is 12.3. The van der Waals surface area contributed by atoms with Crippen molar-refractivity contribution < 1.29 is 4.79 Å². The summed E-state index contributed by atoms with van der Waals surface area (Å²) in [6, 6.07) is 13.6. The number of rotatable bonds is 4. The average Bonchev–Trinajstić information content (AvgIpc) is 2.57. The van der Waals surface area contributed by atoms with Gasteiger partial charge in [0.2, 0.25) is 5.91 Å². The zero-order chi connectivity index (χ0) is 18.0. The van der Waals surface area contributed by atoms with Crippen molar-refractivity contribution in [3.05, 3.63) is 75.1 Å². The highest BCUT2D eigenvalue weighted by atomic mass is 16.1. The first kappa shape index (κ1) is 17.0. The Morgan fingerprint density at radius 2 is 1.68 bits per heavy atom. The van der Waals surface area contributed by atoms with Crippen LogP contribution in [0, 0.1) is 20.8 Å². The number of hydrogen-bond donors (Lipinski definition) is 2. The first-order valence-corrected chi connectivity index (χ1v) is 8.42. The lowest BCUT2D eigenvalue weighted by Crippen LogP contribution is -2.17. The Hall–Kier alpha value is -2.88. The molecule has 3 rings (SSSR count). The number of fused-ring (bicyclic) bond motifs is 1. The molecule has 0 aliphatic rings. The minimum atomic E-state index is -0.126. The molecule has 4 nitrogen and oxygen atoms in total. The summed E-state index contributed by atoms with van der Waals surface area (Å²) in [6.45, 7) is 6.08. The Balaban J connectivity index is 1.73. The average molecular weight is 334 g/mol. The number of benzene rings is 2. The van der Waals surface area contributed by atoms with E-state index in [1.54, 1.807) is 0 Å². The zero-order valence-electron chi connectivity index (χ0n) is 14.8. The molecule has 0 saturated heterocycles. The van der Waals surface area contributed by atoms with Gasteiger partial charge in [0, 0.05) is 23.2 Å². The van der Waals surface area contributed by atoms with Crippen LogP contribution in [0.5, 0.6) is 0 Å². The van der Waals surface area contributed by atoms with Crippen molar-refractivity contribution in [2.24, 2.45) is 0 Å². The summed E-state index contributed by atoms with van der Waals surface area (Å²) in [7, 11) is 0. The molecule has 2 N–H and O–H groups in total. The van der Waals surface area contributed by atoms with Crippen LogP contribution in [0.2, 0.25) is 0 Å². The van der Waals surface area contributed by atoms with Crippen LogP contribution in [-0.2, 0) is 11.2 Å². The third kappa shape index (κ3) is 3.97. The molecule has 0 saturated carbocycles. The Morgan fingerprint density at radius 1 is 1.00 bits per heavy atom. The highest BCUT2D eigenvalue weighted by molar-refractivity contribution is 5.91. The summed E-state index contributed by atoms with van der Waals surface area (Å²) in [6.07, 6.45) is 0.684. The standard InChI is InChI=1S/C21H22N2O2/c1-13-4-7-18(8-5-13)22-20(24)9-6-16-12-17-10-14(2)15(3)11-19(17)23-21(16)25/h4-5,7-8,10-12H,6,9H2,1-3H3,(H,22,24)(H,23,25). The number of amides is 1. The van der Waals surface area contributed by atoms with E-state index in [4.69, 9.17) is 0 Å². The molecule has 4 heteroatoms. The molecule has 3 aromatic rings. The van der Waals surface area contributed by atoms with Gasteiger partial charge in [0.25, 0.3) is 5.56 Å². The van der Waals surface area contributed by atoms with Gasteiger partial charge in [-0.1, -0.05) is 17.7 Å². The lowest BCUT2D eigenvalue weighted by molar-refractivity contribution is -0.116. The summed E-state index contributed by atoms with van der Waals surface area (Å²) in [5, 5.41) is 3.86. The van der Waals surface area contributed by atoms with E-state index in [9.17, 15) is 9.59 Å². The summed E-state index contributed by atoms with van der Waals surface area (Å²) >= 11 is 0. The molecular formula is C21H22N2O2. The smallest absolute Gasteiger partial charge is 0.251 e. The second kappa shape index (κ2) is 6.93. The van der Waals surface area contributed by atoms with Crippen molar-refractivity contribution in [1.29, 1.82) is 0 Å². The fourth-order valence-corrected chi connectivity index (χ4v) is 2.82. The number of carbonyl (C=O) groups is 1. The predicted molar refractivity (Wildman–Crippen MR) is 102 cm³/mol. The Morgan fingerprint density at radius 3 is 2.40 bits per heavy atom. The summed E-state index contributed by atoms with van der Waals surface area (Å²) < 4.78 is 0. The molecule has 25 heavy (non-hydrogen) atoms. The quantitative estimate of drug-likeness (QED) is 0.757. The summed E-state index contributed by atoms with van der Waals surface area (Å²) in [5.74, 6) is -0.0940. The number of anilines is 1. The van der Waals surface area contributed by atoms with E-state index in [0.717, 1.165) is 27.7 Å². The number of aromatic nitrogens is 1. The van der Waals surface area contributed by atoms with Crippen LogP contribution in [0.1, 0.15) is 28.7 Å². The molecule has 0 radical (unpaired) electrons. The molecule has 2 aromatic carbocycles. The lowest BCUT2D eigenvalue weighted by Gasteiger charge is -2.08.